The lowest BCUT2D eigenvalue weighted by Gasteiger charge is -2.18. The molecular formula is C11H14ClNO2. The molecular weight excluding hydrogens is 214 g/mol. The van der Waals surface area contributed by atoms with Gasteiger partial charge in [-0.15, -0.1) is 0 Å². The molecule has 0 aromatic carbocycles. The Morgan fingerprint density at radius 3 is 2.67 bits per heavy atom. The van der Waals surface area contributed by atoms with Crippen molar-refractivity contribution in [2.24, 2.45) is 5.41 Å². The van der Waals surface area contributed by atoms with Gasteiger partial charge in [0.15, 0.2) is 0 Å². The summed E-state index contributed by atoms with van der Waals surface area (Å²) in [7, 11) is 0. The Morgan fingerprint density at radius 1 is 1.60 bits per heavy atom. The summed E-state index contributed by atoms with van der Waals surface area (Å²) in [6.07, 6.45) is 2.08. The molecule has 0 aliphatic carbocycles. The zero-order chi connectivity index (χ0) is 11.6. The summed E-state index contributed by atoms with van der Waals surface area (Å²) < 4.78 is 0. The molecule has 0 spiro atoms. The molecule has 0 unspecified atom stereocenters. The lowest BCUT2D eigenvalue weighted by atomic mass is 9.86. The fourth-order valence-electron chi connectivity index (χ4n) is 1.30. The van der Waals surface area contributed by atoms with Crippen LogP contribution in [0, 0.1) is 12.3 Å². The predicted octanol–water partition coefficient (Wildman–Crippen LogP) is 2.70. The quantitative estimate of drug-likeness (QED) is 0.808. The van der Waals surface area contributed by atoms with Gasteiger partial charge in [0.25, 0.3) is 0 Å². The van der Waals surface area contributed by atoms with Crippen LogP contribution in [0.25, 0.3) is 0 Å². The van der Waals surface area contributed by atoms with Gasteiger partial charge in [-0.1, -0.05) is 17.7 Å². The van der Waals surface area contributed by atoms with E-state index in [0.29, 0.717) is 11.6 Å². The Labute approximate surface area is 94.1 Å². The minimum atomic E-state index is -0.810. The highest BCUT2D eigenvalue weighted by Gasteiger charge is 2.27. The van der Waals surface area contributed by atoms with Crippen molar-refractivity contribution in [3.05, 3.63) is 28.5 Å². The van der Waals surface area contributed by atoms with Crippen LogP contribution in [0.1, 0.15) is 25.0 Å². The van der Waals surface area contributed by atoms with Crippen LogP contribution in [0.4, 0.5) is 0 Å². The van der Waals surface area contributed by atoms with E-state index in [2.05, 4.69) is 4.98 Å². The molecule has 1 rings (SSSR count). The number of carboxylic acid groups (broad SMARTS) is 1. The molecule has 82 valence electrons. The van der Waals surface area contributed by atoms with Crippen molar-refractivity contribution in [1.29, 1.82) is 0 Å². The van der Waals surface area contributed by atoms with Gasteiger partial charge in [0, 0.05) is 6.20 Å². The van der Waals surface area contributed by atoms with Crippen LogP contribution in [-0.2, 0) is 11.2 Å². The van der Waals surface area contributed by atoms with E-state index in [1.165, 1.54) is 0 Å². The van der Waals surface area contributed by atoms with Gasteiger partial charge in [0.05, 0.1) is 5.41 Å². The second-order valence-corrected chi connectivity index (χ2v) is 4.68. The number of carboxylic acids is 1. The molecule has 1 heterocycles. The Hall–Kier alpha value is -1.09. The standard InChI is InChI=1S/C11H14ClNO2/c1-7-4-8(6-13-9(7)12)5-11(2,3)10(14)15/h4,6H,5H2,1-3H3,(H,14,15). The predicted molar refractivity (Wildman–Crippen MR) is 59.1 cm³/mol. The van der Waals surface area contributed by atoms with Crippen LogP contribution < -0.4 is 0 Å². The fourth-order valence-corrected chi connectivity index (χ4v) is 1.40. The molecule has 4 heteroatoms. The number of rotatable bonds is 3. The summed E-state index contributed by atoms with van der Waals surface area (Å²) in [6.45, 7) is 5.24. The summed E-state index contributed by atoms with van der Waals surface area (Å²) in [6, 6.07) is 1.88. The first-order chi connectivity index (χ1) is 6.83. The van der Waals surface area contributed by atoms with Gasteiger partial charge in [-0.25, -0.2) is 4.98 Å². The molecule has 0 saturated heterocycles. The van der Waals surface area contributed by atoms with Crippen molar-refractivity contribution in [2.45, 2.75) is 27.2 Å². The third kappa shape index (κ3) is 2.93. The smallest absolute Gasteiger partial charge is 0.309 e. The summed E-state index contributed by atoms with van der Waals surface area (Å²) in [5, 5.41) is 9.44. The normalized spacial score (nSPS) is 11.5. The van der Waals surface area contributed by atoms with E-state index in [1.807, 2.05) is 13.0 Å². The van der Waals surface area contributed by atoms with Gasteiger partial charge in [-0.3, -0.25) is 4.79 Å². The first kappa shape index (κ1) is 12.0. The summed E-state index contributed by atoms with van der Waals surface area (Å²) >= 11 is 5.79. The molecule has 0 atom stereocenters. The average molecular weight is 228 g/mol. The number of hydrogen-bond donors (Lipinski definition) is 1. The highest BCUT2D eigenvalue weighted by molar-refractivity contribution is 6.30. The maximum absolute atomic E-state index is 10.9. The van der Waals surface area contributed by atoms with Gasteiger partial charge < -0.3 is 5.11 Å². The minimum Gasteiger partial charge on any atom is -0.481 e. The first-order valence-corrected chi connectivity index (χ1v) is 5.05. The molecule has 0 radical (unpaired) electrons. The van der Waals surface area contributed by atoms with Gasteiger partial charge in [-0.2, -0.15) is 0 Å². The molecule has 1 aromatic rings. The number of halogens is 1. The molecule has 0 fully saturated rings. The number of aromatic nitrogens is 1. The van der Waals surface area contributed by atoms with E-state index >= 15 is 0 Å². The largest absolute Gasteiger partial charge is 0.481 e. The van der Waals surface area contributed by atoms with Crippen molar-refractivity contribution in [3.63, 3.8) is 0 Å². The van der Waals surface area contributed by atoms with Crippen molar-refractivity contribution in [2.75, 3.05) is 0 Å². The van der Waals surface area contributed by atoms with Crippen molar-refractivity contribution >= 4 is 17.6 Å². The van der Waals surface area contributed by atoms with Gasteiger partial charge in [0.1, 0.15) is 5.15 Å². The zero-order valence-corrected chi connectivity index (χ0v) is 9.80. The second-order valence-electron chi connectivity index (χ2n) is 4.32. The van der Waals surface area contributed by atoms with E-state index in [9.17, 15) is 4.79 Å². The molecule has 0 bridgehead atoms. The lowest BCUT2D eigenvalue weighted by molar-refractivity contribution is -0.146. The van der Waals surface area contributed by atoms with Crippen LogP contribution in [0.3, 0.4) is 0 Å². The van der Waals surface area contributed by atoms with E-state index in [4.69, 9.17) is 16.7 Å². The van der Waals surface area contributed by atoms with E-state index in [0.717, 1.165) is 11.1 Å². The molecule has 0 saturated carbocycles. The van der Waals surface area contributed by atoms with E-state index in [1.54, 1.807) is 20.0 Å². The van der Waals surface area contributed by atoms with E-state index < -0.39 is 11.4 Å². The van der Waals surface area contributed by atoms with Crippen molar-refractivity contribution < 1.29 is 9.90 Å². The average Bonchev–Trinajstić information content (AvgIpc) is 2.10. The number of aliphatic carboxylic acids is 1. The third-order valence-corrected chi connectivity index (χ3v) is 2.69. The zero-order valence-electron chi connectivity index (χ0n) is 9.04. The topological polar surface area (TPSA) is 50.2 Å². The fraction of sp³-hybridized carbons (Fsp3) is 0.455. The van der Waals surface area contributed by atoms with Crippen molar-refractivity contribution in [3.8, 4) is 0 Å². The summed E-state index contributed by atoms with van der Waals surface area (Å²) in [5.74, 6) is -0.810. The Kier molecular flexibility index (Phi) is 3.35. The summed E-state index contributed by atoms with van der Waals surface area (Å²) in [5.41, 5.74) is 0.988. The molecule has 1 aromatic heterocycles. The minimum absolute atomic E-state index is 0.452. The highest BCUT2D eigenvalue weighted by Crippen LogP contribution is 2.23. The van der Waals surface area contributed by atoms with Gasteiger partial charge in [0.2, 0.25) is 0 Å². The van der Waals surface area contributed by atoms with Gasteiger partial charge >= 0.3 is 5.97 Å². The van der Waals surface area contributed by atoms with Crippen LogP contribution in [0.5, 0.6) is 0 Å². The van der Waals surface area contributed by atoms with E-state index in [-0.39, 0.29) is 0 Å². The SMILES string of the molecule is Cc1cc(CC(C)(C)C(=O)O)cnc1Cl. The lowest BCUT2D eigenvalue weighted by Crippen LogP contribution is -2.26. The van der Waals surface area contributed by atoms with Crippen LogP contribution in [0.2, 0.25) is 5.15 Å². The number of pyridine rings is 1. The van der Waals surface area contributed by atoms with Crippen LogP contribution in [0.15, 0.2) is 12.3 Å². The third-order valence-electron chi connectivity index (χ3n) is 2.30. The molecule has 3 nitrogen and oxygen atoms in total. The Morgan fingerprint density at radius 2 is 2.20 bits per heavy atom. The molecule has 0 amide bonds. The maximum atomic E-state index is 10.9. The second kappa shape index (κ2) is 4.19. The Bertz CT molecular complexity index is 388. The molecule has 1 N–H and O–H groups in total. The van der Waals surface area contributed by atoms with Gasteiger partial charge in [-0.05, 0) is 38.3 Å². The summed E-state index contributed by atoms with van der Waals surface area (Å²) in [4.78, 5) is 14.9. The van der Waals surface area contributed by atoms with Crippen LogP contribution in [-0.4, -0.2) is 16.1 Å². The monoisotopic (exact) mass is 227 g/mol. The number of hydrogen-bond acceptors (Lipinski definition) is 2. The Balaban J connectivity index is 2.91. The molecule has 0 aliphatic rings. The maximum Gasteiger partial charge on any atom is 0.309 e. The molecule has 0 aliphatic heterocycles. The molecule has 15 heavy (non-hydrogen) atoms. The highest BCUT2D eigenvalue weighted by atomic mass is 35.5. The number of aryl methyl sites for hydroxylation is 1. The number of nitrogens with zero attached hydrogens (tertiary/aromatic N) is 1. The van der Waals surface area contributed by atoms with Crippen LogP contribution >= 0.6 is 11.6 Å². The van der Waals surface area contributed by atoms with Crippen molar-refractivity contribution in [1.82, 2.24) is 4.98 Å². The first-order valence-electron chi connectivity index (χ1n) is 4.67. The number of carbonyl (C=O) groups is 1.